The molecule has 0 saturated heterocycles. The van der Waals surface area contributed by atoms with Crippen LogP contribution in [-0.4, -0.2) is 27.8 Å². The third-order valence-electron chi connectivity index (χ3n) is 3.54. The highest BCUT2D eigenvalue weighted by Gasteiger charge is 2.17. The van der Waals surface area contributed by atoms with Crippen LogP contribution in [0.5, 0.6) is 0 Å². The van der Waals surface area contributed by atoms with Crippen molar-refractivity contribution in [3.05, 3.63) is 30.1 Å². The molecule has 3 N–H and O–H groups in total. The van der Waals surface area contributed by atoms with Gasteiger partial charge in [0.05, 0.1) is 5.52 Å². The number of aromatic nitrogens is 3. The van der Waals surface area contributed by atoms with Crippen LogP contribution in [-0.2, 0) is 11.3 Å². The van der Waals surface area contributed by atoms with E-state index in [2.05, 4.69) is 22.3 Å². The number of fused-ring (bicyclic) bond motifs is 3. The first-order valence-electron chi connectivity index (χ1n) is 7.63. The van der Waals surface area contributed by atoms with Gasteiger partial charge in [-0.15, -0.1) is 0 Å². The zero-order valence-electron chi connectivity index (χ0n) is 13.0. The van der Waals surface area contributed by atoms with Crippen LogP contribution in [0.1, 0.15) is 26.1 Å². The summed E-state index contributed by atoms with van der Waals surface area (Å²) in [5, 5.41) is 1.03. The van der Waals surface area contributed by atoms with E-state index < -0.39 is 0 Å². The van der Waals surface area contributed by atoms with Gasteiger partial charge in [0.25, 0.3) is 0 Å². The predicted molar refractivity (Wildman–Crippen MR) is 89.3 cm³/mol. The topological polar surface area (TPSA) is 78.0 Å². The normalized spacial score (nSPS) is 11.4. The number of hydrogen-bond donors (Lipinski definition) is 2. The number of para-hydroxylation sites is 1. The molecule has 0 aliphatic carbocycles. The summed E-state index contributed by atoms with van der Waals surface area (Å²) in [6.07, 6.45) is 1.02. The van der Waals surface area contributed by atoms with Crippen LogP contribution in [0.25, 0.3) is 21.9 Å². The van der Waals surface area contributed by atoms with Gasteiger partial charge in [-0.3, -0.25) is 0 Å². The maximum Gasteiger partial charge on any atom is 0.154 e. The first-order valence-corrected chi connectivity index (χ1v) is 7.63. The molecular weight excluding hydrogens is 278 g/mol. The molecule has 0 spiro atoms. The number of ether oxygens (including phenoxy) is 1. The maximum absolute atomic E-state index is 6.11. The lowest BCUT2D eigenvalue weighted by atomic mass is 10.2. The number of anilines is 1. The van der Waals surface area contributed by atoms with Crippen molar-refractivity contribution in [2.45, 2.75) is 26.9 Å². The first-order chi connectivity index (χ1) is 10.8. The van der Waals surface area contributed by atoms with Crippen LogP contribution in [0.15, 0.2) is 24.3 Å². The number of pyridine rings is 1. The number of nitrogens with two attached hydrogens (primary N) is 1. The van der Waals surface area contributed by atoms with E-state index in [0.29, 0.717) is 19.0 Å². The Hall–Kier alpha value is -2.34. The summed E-state index contributed by atoms with van der Waals surface area (Å²) in [6.45, 7) is 6.03. The number of imidazole rings is 1. The number of benzene rings is 1. The van der Waals surface area contributed by atoms with E-state index in [-0.39, 0.29) is 0 Å². The van der Waals surface area contributed by atoms with Gasteiger partial charge in [0, 0.05) is 18.5 Å². The van der Waals surface area contributed by atoms with Crippen molar-refractivity contribution in [2.75, 3.05) is 24.3 Å². The molecule has 22 heavy (non-hydrogen) atoms. The Labute approximate surface area is 129 Å². The molecule has 1 aromatic carbocycles. The number of nitrogens with zero attached hydrogens (tertiary/aromatic N) is 3. The Balaban J connectivity index is 2.27. The van der Waals surface area contributed by atoms with Gasteiger partial charge in [0.1, 0.15) is 17.6 Å². The molecular formula is C16H21N5O. The smallest absolute Gasteiger partial charge is 0.154 e. The highest BCUT2D eigenvalue weighted by molar-refractivity contribution is 6.06. The van der Waals surface area contributed by atoms with Crippen molar-refractivity contribution in [3.8, 4) is 0 Å². The number of rotatable bonds is 6. The highest BCUT2D eigenvalue weighted by atomic mass is 16.5. The molecule has 0 saturated carbocycles. The van der Waals surface area contributed by atoms with Crippen molar-refractivity contribution in [3.63, 3.8) is 0 Å². The van der Waals surface area contributed by atoms with Crippen molar-refractivity contribution < 1.29 is 4.74 Å². The second kappa shape index (κ2) is 6.19. The summed E-state index contributed by atoms with van der Waals surface area (Å²) in [4.78, 5) is 9.09. The van der Waals surface area contributed by atoms with Crippen molar-refractivity contribution in [2.24, 2.45) is 0 Å². The maximum atomic E-state index is 6.11. The minimum absolute atomic E-state index is 0.440. The van der Waals surface area contributed by atoms with Gasteiger partial charge < -0.3 is 15.9 Å². The molecule has 2 aromatic heterocycles. The molecule has 0 unspecified atom stereocenters. The van der Waals surface area contributed by atoms with Crippen LogP contribution >= 0.6 is 0 Å². The van der Waals surface area contributed by atoms with Gasteiger partial charge in [-0.25, -0.2) is 14.6 Å². The van der Waals surface area contributed by atoms with Gasteiger partial charge in [0.2, 0.25) is 0 Å². The lowest BCUT2D eigenvalue weighted by molar-refractivity contribution is 0.127. The molecule has 6 nitrogen and oxygen atoms in total. The Bertz CT molecular complexity index is 796. The zero-order valence-corrected chi connectivity index (χ0v) is 13.0. The minimum Gasteiger partial charge on any atom is -0.382 e. The summed E-state index contributed by atoms with van der Waals surface area (Å²) in [7, 11) is 0. The summed E-state index contributed by atoms with van der Waals surface area (Å²) in [5.41, 5.74) is 12.1. The Morgan fingerprint density at radius 3 is 2.82 bits per heavy atom. The molecule has 116 valence electrons. The van der Waals surface area contributed by atoms with Crippen LogP contribution in [0, 0.1) is 0 Å². The minimum atomic E-state index is 0.440. The summed E-state index contributed by atoms with van der Waals surface area (Å²) in [6, 6.07) is 7.96. The van der Waals surface area contributed by atoms with Crippen molar-refractivity contribution >= 4 is 27.8 Å². The number of hydrogen-bond acceptors (Lipinski definition) is 5. The lowest BCUT2D eigenvalue weighted by Crippen LogP contribution is -2.19. The van der Waals surface area contributed by atoms with E-state index in [1.54, 1.807) is 0 Å². The molecule has 0 fully saturated rings. The quantitative estimate of drug-likeness (QED) is 0.731. The molecule has 2 heterocycles. The van der Waals surface area contributed by atoms with Gasteiger partial charge in [0.15, 0.2) is 11.6 Å². The van der Waals surface area contributed by atoms with Gasteiger partial charge in [-0.2, -0.15) is 0 Å². The molecule has 6 heteroatoms. The average Bonchev–Trinajstić information content (AvgIpc) is 2.90. The molecule has 0 atom stereocenters. The van der Waals surface area contributed by atoms with E-state index in [0.717, 1.165) is 40.7 Å². The second-order valence-electron chi connectivity index (χ2n) is 5.12. The third-order valence-corrected chi connectivity index (χ3v) is 3.54. The summed E-state index contributed by atoms with van der Waals surface area (Å²) in [5.74, 6) is 1.26. The van der Waals surface area contributed by atoms with Crippen LogP contribution in [0.4, 0.5) is 5.82 Å². The van der Waals surface area contributed by atoms with Crippen LogP contribution in [0.2, 0.25) is 0 Å². The molecule has 3 rings (SSSR count). The SMILES string of the molecule is CCCNn1c(COCC)nc2c(N)nc3ccccc3c21. The molecule has 0 radical (unpaired) electrons. The Kier molecular flexibility index (Phi) is 4.11. The molecule has 3 aromatic rings. The van der Waals surface area contributed by atoms with Gasteiger partial charge >= 0.3 is 0 Å². The fourth-order valence-electron chi connectivity index (χ4n) is 2.53. The van der Waals surface area contributed by atoms with Crippen LogP contribution < -0.4 is 11.2 Å². The average molecular weight is 299 g/mol. The van der Waals surface area contributed by atoms with Crippen molar-refractivity contribution in [1.82, 2.24) is 14.6 Å². The van der Waals surface area contributed by atoms with E-state index in [4.69, 9.17) is 10.5 Å². The fraction of sp³-hybridized carbons (Fsp3) is 0.375. The van der Waals surface area contributed by atoms with Crippen LogP contribution in [0.3, 0.4) is 0 Å². The molecule has 0 amide bonds. The Morgan fingerprint density at radius 1 is 1.23 bits per heavy atom. The van der Waals surface area contributed by atoms with Gasteiger partial charge in [-0.05, 0) is 19.4 Å². The predicted octanol–water partition coefficient (Wildman–Crippen LogP) is 2.66. The van der Waals surface area contributed by atoms with E-state index in [1.165, 1.54) is 0 Å². The standard InChI is InChI=1S/C16H21N5O/c1-3-9-18-21-13(10-22-4-2)20-14-15(21)11-7-5-6-8-12(11)19-16(14)17/h5-8,18H,3-4,9-10H2,1-2H3,(H2,17,19). The largest absolute Gasteiger partial charge is 0.382 e. The summed E-state index contributed by atoms with van der Waals surface area (Å²) < 4.78 is 7.53. The lowest BCUT2D eigenvalue weighted by Gasteiger charge is -2.12. The second-order valence-corrected chi connectivity index (χ2v) is 5.12. The van der Waals surface area contributed by atoms with Gasteiger partial charge in [-0.1, -0.05) is 25.1 Å². The zero-order chi connectivity index (χ0) is 15.5. The van der Waals surface area contributed by atoms with Crippen molar-refractivity contribution in [1.29, 1.82) is 0 Å². The van der Waals surface area contributed by atoms with E-state index in [1.807, 2.05) is 35.9 Å². The highest BCUT2D eigenvalue weighted by Crippen LogP contribution is 2.28. The first kappa shape index (κ1) is 14.6. The monoisotopic (exact) mass is 299 g/mol. The summed E-state index contributed by atoms with van der Waals surface area (Å²) >= 11 is 0. The third kappa shape index (κ3) is 2.46. The molecule has 0 aliphatic heterocycles. The van der Waals surface area contributed by atoms with E-state index in [9.17, 15) is 0 Å². The number of nitrogen functional groups attached to an aromatic ring is 1. The van der Waals surface area contributed by atoms with E-state index >= 15 is 0 Å². The number of nitrogens with one attached hydrogen (secondary N) is 1. The fourth-order valence-corrected chi connectivity index (χ4v) is 2.53. The molecule has 0 aliphatic rings. The Morgan fingerprint density at radius 2 is 2.05 bits per heavy atom. The molecule has 0 bridgehead atoms.